The summed E-state index contributed by atoms with van der Waals surface area (Å²) in [5, 5.41) is 10.7. The second-order valence-electron chi connectivity index (χ2n) is 8.13. The third-order valence-corrected chi connectivity index (χ3v) is 6.27. The van der Waals surface area contributed by atoms with Crippen LogP contribution in [0, 0.1) is 0 Å². The normalized spacial score (nSPS) is 18.1. The molecule has 3 aromatic rings. The number of anilines is 2. The van der Waals surface area contributed by atoms with Gasteiger partial charge < -0.3 is 24.4 Å². The van der Waals surface area contributed by atoms with Crippen molar-refractivity contribution in [2.75, 3.05) is 55.6 Å². The van der Waals surface area contributed by atoms with Crippen molar-refractivity contribution in [3.8, 4) is 5.75 Å². The summed E-state index contributed by atoms with van der Waals surface area (Å²) in [5.74, 6) is 1.39. The molecule has 2 saturated heterocycles. The summed E-state index contributed by atoms with van der Waals surface area (Å²) in [4.78, 5) is 12.3. The van der Waals surface area contributed by atoms with Crippen LogP contribution in [0.25, 0.3) is 11.0 Å². The lowest BCUT2D eigenvalue weighted by Gasteiger charge is -2.36. The van der Waals surface area contributed by atoms with Crippen molar-refractivity contribution < 1.29 is 5.11 Å². The summed E-state index contributed by atoms with van der Waals surface area (Å²) in [6.45, 7) is 8.42. The Kier molecular flexibility index (Phi) is 5.02. The van der Waals surface area contributed by atoms with Crippen LogP contribution in [0.5, 0.6) is 5.75 Å². The highest BCUT2D eigenvalue weighted by atomic mass is 16.3. The summed E-state index contributed by atoms with van der Waals surface area (Å²) in [7, 11) is 0. The van der Waals surface area contributed by atoms with Crippen molar-refractivity contribution in [1.82, 2.24) is 14.5 Å². The summed E-state index contributed by atoms with van der Waals surface area (Å²) in [6, 6.07) is 14.0. The van der Waals surface area contributed by atoms with E-state index >= 15 is 0 Å². The average Bonchev–Trinajstić information content (AvgIpc) is 3.42. The van der Waals surface area contributed by atoms with E-state index in [-0.39, 0.29) is 0 Å². The molecule has 2 aliphatic rings. The van der Waals surface area contributed by atoms with Crippen molar-refractivity contribution in [2.24, 2.45) is 0 Å². The first-order chi connectivity index (χ1) is 14.3. The molecular formula is C23H29N5O. The Balaban J connectivity index is 1.26. The third kappa shape index (κ3) is 3.90. The molecule has 5 rings (SSSR count). The summed E-state index contributed by atoms with van der Waals surface area (Å²) < 4.78 is 2.31. The number of nitrogens with zero attached hydrogens (tertiary/aromatic N) is 5. The van der Waals surface area contributed by atoms with Crippen molar-refractivity contribution >= 4 is 22.5 Å². The fourth-order valence-electron chi connectivity index (χ4n) is 4.52. The molecule has 6 nitrogen and oxygen atoms in total. The molecule has 0 radical (unpaired) electrons. The van der Waals surface area contributed by atoms with Crippen molar-refractivity contribution in [3.63, 3.8) is 0 Å². The predicted molar refractivity (Wildman–Crippen MR) is 118 cm³/mol. The van der Waals surface area contributed by atoms with Gasteiger partial charge in [0, 0.05) is 56.5 Å². The van der Waals surface area contributed by atoms with Gasteiger partial charge in [-0.15, -0.1) is 0 Å². The van der Waals surface area contributed by atoms with E-state index in [1.54, 1.807) is 12.1 Å². The Morgan fingerprint density at radius 2 is 1.48 bits per heavy atom. The highest BCUT2D eigenvalue weighted by Gasteiger charge is 2.19. The number of hydrogen-bond acceptors (Lipinski definition) is 5. The van der Waals surface area contributed by atoms with Crippen LogP contribution in [0.2, 0.25) is 0 Å². The van der Waals surface area contributed by atoms with Gasteiger partial charge in [-0.05, 0) is 68.4 Å². The van der Waals surface area contributed by atoms with Gasteiger partial charge in [-0.1, -0.05) is 0 Å². The molecule has 2 aliphatic heterocycles. The fourth-order valence-corrected chi connectivity index (χ4v) is 4.52. The molecule has 2 aromatic heterocycles. The number of fused-ring (bicyclic) bond motifs is 1. The Labute approximate surface area is 172 Å². The zero-order chi connectivity index (χ0) is 19.6. The van der Waals surface area contributed by atoms with Gasteiger partial charge in [0.2, 0.25) is 0 Å². The third-order valence-electron chi connectivity index (χ3n) is 6.27. The smallest absolute Gasteiger partial charge is 0.142 e. The molecule has 0 bridgehead atoms. The summed E-state index contributed by atoms with van der Waals surface area (Å²) >= 11 is 0. The van der Waals surface area contributed by atoms with Crippen LogP contribution in [-0.2, 0) is 6.54 Å². The Morgan fingerprint density at radius 3 is 2.24 bits per heavy atom. The minimum atomic E-state index is 0.317. The number of pyridine rings is 1. The van der Waals surface area contributed by atoms with E-state index in [1.165, 1.54) is 37.0 Å². The Bertz CT molecular complexity index is 953. The highest BCUT2D eigenvalue weighted by Crippen LogP contribution is 2.24. The first-order valence-corrected chi connectivity index (χ1v) is 10.7. The second kappa shape index (κ2) is 7.95. The average molecular weight is 392 g/mol. The maximum Gasteiger partial charge on any atom is 0.142 e. The van der Waals surface area contributed by atoms with E-state index in [2.05, 4.69) is 43.7 Å². The summed E-state index contributed by atoms with van der Waals surface area (Å²) in [6.07, 6.45) is 4.86. The first-order valence-electron chi connectivity index (χ1n) is 10.7. The molecule has 0 atom stereocenters. The maximum absolute atomic E-state index is 9.50. The van der Waals surface area contributed by atoms with Crippen LogP contribution in [0.3, 0.4) is 0 Å². The number of rotatable bonds is 5. The monoisotopic (exact) mass is 391 g/mol. The molecule has 0 spiro atoms. The number of likely N-dealkylation sites (tertiary alicyclic amines) is 1. The number of benzene rings is 1. The Hall–Kier alpha value is -2.73. The number of aromatic hydroxyl groups is 1. The lowest BCUT2D eigenvalue weighted by atomic mass is 10.2. The van der Waals surface area contributed by atoms with E-state index in [1.807, 2.05) is 12.1 Å². The van der Waals surface area contributed by atoms with E-state index in [4.69, 9.17) is 4.98 Å². The van der Waals surface area contributed by atoms with Crippen LogP contribution >= 0.6 is 0 Å². The second-order valence-corrected chi connectivity index (χ2v) is 8.13. The van der Waals surface area contributed by atoms with Crippen LogP contribution in [-0.4, -0.2) is 65.4 Å². The van der Waals surface area contributed by atoms with Gasteiger partial charge >= 0.3 is 0 Å². The first kappa shape index (κ1) is 18.3. The van der Waals surface area contributed by atoms with Gasteiger partial charge in [-0.25, -0.2) is 4.98 Å². The fraction of sp³-hybridized carbons (Fsp3) is 0.435. The number of hydrogen-bond donors (Lipinski definition) is 1. The molecule has 1 aromatic carbocycles. The van der Waals surface area contributed by atoms with E-state index in [0.717, 1.165) is 50.7 Å². The zero-order valence-electron chi connectivity index (χ0n) is 16.9. The topological polar surface area (TPSA) is 47.8 Å². The molecule has 6 heteroatoms. The minimum absolute atomic E-state index is 0.317. The number of phenolic OH excluding ortho intramolecular Hbond substituents is 1. The molecule has 0 aliphatic carbocycles. The number of piperazine rings is 1. The maximum atomic E-state index is 9.50. The summed E-state index contributed by atoms with van der Waals surface area (Å²) in [5.41, 5.74) is 2.27. The minimum Gasteiger partial charge on any atom is -0.508 e. The molecule has 29 heavy (non-hydrogen) atoms. The molecule has 0 amide bonds. The van der Waals surface area contributed by atoms with Gasteiger partial charge in [0.1, 0.15) is 17.2 Å². The lowest BCUT2D eigenvalue weighted by Crippen LogP contribution is -2.46. The van der Waals surface area contributed by atoms with Gasteiger partial charge in [-0.2, -0.15) is 0 Å². The van der Waals surface area contributed by atoms with Crippen molar-refractivity contribution in [3.05, 3.63) is 48.7 Å². The molecule has 152 valence electrons. The quantitative estimate of drug-likeness (QED) is 0.724. The number of phenols is 1. The molecule has 1 N–H and O–H groups in total. The standard InChI is InChI=1S/C23H29N5O/c29-21-6-4-20(5-7-21)26-15-17-27(18-16-26)22-8-3-19-9-12-28(23(19)24-22)14-13-25-10-1-2-11-25/h3-9,12,29H,1-2,10-11,13-18H2. The Morgan fingerprint density at radius 1 is 0.759 bits per heavy atom. The SMILES string of the molecule is Oc1ccc(N2CCN(c3ccc4ccn(CCN5CCCC5)c4n3)CC2)cc1. The largest absolute Gasteiger partial charge is 0.508 e. The van der Waals surface area contributed by atoms with Crippen LogP contribution in [0.4, 0.5) is 11.5 Å². The van der Waals surface area contributed by atoms with Crippen molar-refractivity contribution in [2.45, 2.75) is 19.4 Å². The van der Waals surface area contributed by atoms with Gasteiger partial charge in [0.15, 0.2) is 0 Å². The molecule has 4 heterocycles. The predicted octanol–water partition coefficient (Wildman–Crippen LogP) is 3.16. The number of aromatic nitrogens is 2. The van der Waals surface area contributed by atoms with Crippen molar-refractivity contribution in [1.29, 1.82) is 0 Å². The molecular weight excluding hydrogens is 362 g/mol. The van der Waals surface area contributed by atoms with Crippen LogP contribution in [0.1, 0.15) is 12.8 Å². The van der Waals surface area contributed by atoms with Gasteiger partial charge in [0.25, 0.3) is 0 Å². The molecule has 0 unspecified atom stereocenters. The lowest BCUT2D eigenvalue weighted by molar-refractivity contribution is 0.324. The van der Waals surface area contributed by atoms with E-state index < -0.39 is 0 Å². The van der Waals surface area contributed by atoms with Crippen LogP contribution in [0.15, 0.2) is 48.7 Å². The van der Waals surface area contributed by atoms with Gasteiger partial charge in [0.05, 0.1) is 0 Å². The highest BCUT2D eigenvalue weighted by molar-refractivity contribution is 5.78. The molecule has 0 saturated carbocycles. The molecule has 2 fully saturated rings. The van der Waals surface area contributed by atoms with Crippen LogP contribution < -0.4 is 9.80 Å². The van der Waals surface area contributed by atoms with E-state index in [9.17, 15) is 5.11 Å². The zero-order valence-corrected chi connectivity index (χ0v) is 16.9. The van der Waals surface area contributed by atoms with E-state index in [0.29, 0.717) is 5.75 Å². The van der Waals surface area contributed by atoms with Gasteiger partial charge in [-0.3, -0.25) is 0 Å².